The van der Waals surface area contributed by atoms with Gasteiger partial charge in [0.1, 0.15) is 12.7 Å². The van der Waals surface area contributed by atoms with Crippen LogP contribution >= 0.6 is 0 Å². The molecule has 4 atom stereocenters. The fourth-order valence-corrected chi connectivity index (χ4v) is 13.7. The van der Waals surface area contributed by atoms with E-state index >= 15 is 4.79 Å². The summed E-state index contributed by atoms with van der Waals surface area (Å²) in [7, 11) is -5.50. The molecule has 9 heteroatoms. The molecule has 5 rings (SSSR count). The summed E-state index contributed by atoms with van der Waals surface area (Å²) in [5.74, 6) is -0.483. The van der Waals surface area contributed by atoms with E-state index in [1.807, 2.05) is 79.7 Å². The number of amides is 2. The first-order chi connectivity index (χ1) is 28.4. The number of nitrogens with zero attached hydrogens (tertiary/aromatic N) is 1. The van der Waals surface area contributed by atoms with E-state index in [9.17, 15) is 4.79 Å². The van der Waals surface area contributed by atoms with Crippen molar-refractivity contribution in [1.29, 1.82) is 0 Å². The minimum atomic E-state index is -3.32. The van der Waals surface area contributed by atoms with Gasteiger partial charge < -0.3 is 18.3 Å². The Balaban J connectivity index is 1.72. The maximum atomic E-state index is 15.5. The Hall–Kier alpha value is -4.39. The van der Waals surface area contributed by atoms with E-state index in [4.69, 9.17) is 18.3 Å². The van der Waals surface area contributed by atoms with Crippen molar-refractivity contribution >= 4 is 39.0 Å². The highest BCUT2D eigenvalue weighted by Crippen LogP contribution is 2.41. The minimum absolute atomic E-state index is 0.0103. The van der Waals surface area contributed by atoms with Crippen molar-refractivity contribution in [2.24, 2.45) is 0 Å². The van der Waals surface area contributed by atoms with Gasteiger partial charge in [0.05, 0.1) is 18.8 Å². The lowest BCUT2D eigenvalue weighted by molar-refractivity contribution is -0.148. The standard InChI is InChI=1S/C51H67NO6Si2/c1-12-38(2)45(57-59(10,11)50(4,5)6)34-33-39(3)46(58-60(51(7,8)9,43-29-21-15-22-30-43)44-31-23-16-24-32-44)47(55-36-41-27-19-14-20-28-41)48(53)52-42(37-56-49(52)54)35-40-25-17-13-18-26-40/h12-33,42,45-47H,34-37H2,1-11H3/b38-12-,39-33+/t42?,45-,46-,47+/m1/s1. The lowest BCUT2D eigenvalue weighted by Crippen LogP contribution is -2.69. The maximum absolute atomic E-state index is 15.5. The summed E-state index contributed by atoms with van der Waals surface area (Å²) >= 11 is 0. The first-order valence-corrected chi connectivity index (χ1v) is 26.2. The first-order valence-electron chi connectivity index (χ1n) is 21.3. The Morgan fingerprint density at radius 1 is 0.733 bits per heavy atom. The number of rotatable bonds is 17. The molecule has 0 bridgehead atoms. The highest BCUT2D eigenvalue weighted by molar-refractivity contribution is 6.99. The summed E-state index contributed by atoms with van der Waals surface area (Å²) in [6, 6.07) is 40.0. The normalized spacial score (nSPS) is 17.3. The third-order valence-electron chi connectivity index (χ3n) is 12.3. The van der Waals surface area contributed by atoms with Crippen LogP contribution in [-0.2, 0) is 36.1 Å². The molecule has 1 aliphatic heterocycles. The number of allylic oxidation sites excluding steroid dienone is 1. The number of hydrogen-bond donors (Lipinski definition) is 0. The Bertz CT molecular complexity index is 2020. The van der Waals surface area contributed by atoms with Crippen LogP contribution in [0.15, 0.2) is 145 Å². The zero-order chi connectivity index (χ0) is 43.7. The molecule has 0 aliphatic carbocycles. The Morgan fingerprint density at radius 2 is 1.23 bits per heavy atom. The maximum Gasteiger partial charge on any atom is 0.417 e. The van der Waals surface area contributed by atoms with Crippen molar-refractivity contribution < 1.29 is 27.9 Å². The van der Waals surface area contributed by atoms with E-state index in [0.29, 0.717) is 12.8 Å². The molecular weight excluding hydrogens is 779 g/mol. The van der Waals surface area contributed by atoms with Gasteiger partial charge in [0.15, 0.2) is 14.4 Å². The Morgan fingerprint density at radius 3 is 1.72 bits per heavy atom. The van der Waals surface area contributed by atoms with Crippen LogP contribution in [-0.4, -0.2) is 64.5 Å². The number of cyclic esters (lactones) is 1. The number of ether oxygens (including phenoxy) is 2. The van der Waals surface area contributed by atoms with E-state index < -0.39 is 51.9 Å². The summed E-state index contributed by atoms with van der Waals surface area (Å²) in [4.78, 5) is 30.6. The van der Waals surface area contributed by atoms with Gasteiger partial charge in [0.25, 0.3) is 14.2 Å². The third kappa shape index (κ3) is 10.9. The Labute approximate surface area is 362 Å². The van der Waals surface area contributed by atoms with Crippen molar-refractivity contribution in [1.82, 2.24) is 4.90 Å². The molecule has 4 aromatic carbocycles. The molecule has 320 valence electrons. The molecule has 4 aromatic rings. The molecule has 1 aliphatic rings. The predicted molar refractivity (Wildman–Crippen MR) is 250 cm³/mol. The number of imide groups is 1. The summed E-state index contributed by atoms with van der Waals surface area (Å²) in [6.45, 7) is 24.4. The van der Waals surface area contributed by atoms with Gasteiger partial charge in [-0.3, -0.25) is 4.79 Å². The second-order valence-electron chi connectivity index (χ2n) is 18.6. The van der Waals surface area contributed by atoms with Crippen LogP contribution in [0.5, 0.6) is 0 Å². The zero-order valence-electron chi connectivity index (χ0n) is 37.7. The third-order valence-corrected chi connectivity index (χ3v) is 21.8. The van der Waals surface area contributed by atoms with Crippen LogP contribution in [0, 0.1) is 0 Å². The molecule has 7 nitrogen and oxygen atoms in total. The minimum Gasteiger partial charge on any atom is -0.447 e. The van der Waals surface area contributed by atoms with Crippen molar-refractivity contribution in [3.63, 3.8) is 0 Å². The SMILES string of the molecule is C/C=C(/C)[C@@H](C/C=C(\C)[C@@H](O[Si](c1ccccc1)(c1ccccc1)C(C)(C)C)[C@H](OCc1ccccc1)C(=O)N1C(=O)OCC1Cc1ccccc1)O[Si](C)(C)C(C)(C)C. The quantitative estimate of drug-likeness (QED) is 0.0778. The highest BCUT2D eigenvalue weighted by Gasteiger charge is 2.54. The number of hydrogen-bond acceptors (Lipinski definition) is 6. The fraction of sp³-hybridized carbons (Fsp3) is 0.412. The van der Waals surface area contributed by atoms with Crippen LogP contribution in [0.25, 0.3) is 0 Å². The van der Waals surface area contributed by atoms with Crippen molar-refractivity contribution in [2.45, 2.75) is 129 Å². The van der Waals surface area contributed by atoms with Crippen LogP contribution in [0.4, 0.5) is 4.79 Å². The molecular formula is C51H67NO6Si2. The van der Waals surface area contributed by atoms with Crippen molar-refractivity contribution in [3.8, 4) is 0 Å². The zero-order valence-corrected chi connectivity index (χ0v) is 39.7. The first kappa shape index (κ1) is 46.7. The van der Waals surface area contributed by atoms with E-state index in [-0.39, 0.29) is 24.4 Å². The molecule has 1 fully saturated rings. The van der Waals surface area contributed by atoms with Gasteiger partial charge in [-0.1, -0.05) is 175 Å². The van der Waals surface area contributed by atoms with E-state index in [2.05, 4.69) is 129 Å². The fourth-order valence-electron chi connectivity index (χ4n) is 7.68. The van der Waals surface area contributed by atoms with Crippen LogP contribution in [0.3, 0.4) is 0 Å². The lowest BCUT2D eigenvalue weighted by atomic mass is 9.99. The van der Waals surface area contributed by atoms with E-state index in [1.165, 1.54) is 4.90 Å². The summed E-state index contributed by atoms with van der Waals surface area (Å²) in [5.41, 5.74) is 3.88. The van der Waals surface area contributed by atoms with Crippen LogP contribution in [0.1, 0.15) is 79.9 Å². The molecule has 0 saturated carbocycles. The molecule has 1 saturated heterocycles. The number of carbonyl (C=O) groups excluding carboxylic acids is 2. The van der Waals surface area contributed by atoms with Gasteiger partial charge in [-0.15, -0.1) is 0 Å². The average Bonchev–Trinajstić information content (AvgIpc) is 3.59. The van der Waals surface area contributed by atoms with Gasteiger partial charge >= 0.3 is 6.09 Å². The second kappa shape index (κ2) is 20.0. The van der Waals surface area contributed by atoms with Gasteiger partial charge in [-0.05, 0) is 89.4 Å². The van der Waals surface area contributed by atoms with Gasteiger partial charge in [-0.25, -0.2) is 9.69 Å². The molecule has 1 heterocycles. The molecule has 0 spiro atoms. The number of carbonyl (C=O) groups is 2. The van der Waals surface area contributed by atoms with Crippen LogP contribution < -0.4 is 10.4 Å². The molecule has 0 aromatic heterocycles. The van der Waals surface area contributed by atoms with Crippen molar-refractivity contribution in [3.05, 3.63) is 156 Å². The summed E-state index contributed by atoms with van der Waals surface area (Å²) in [5, 5.41) is 1.74. The average molecular weight is 846 g/mol. The van der Waals surface area contributed by atoms with E-state index in [0.717, 1.165) is 32.6 Å². The summed E-state index contributed by atoms with van der Waals surface area (Å²) < 4.78 is 27.6. The molecule has 60 heavy (non-hydrogen) atoms. The molecule has 0 radical (unpaired) electrons. The smallest absolute Gasteiger partial charge is 0.417 e. The highest BCUT2D eigenvalue weighted by atomic mass is 28.4. The predicted octanol–water partition coefficient (Wildman–Crippen LogP) is 10.8. The van der Waals surface area contributed by atoms with Crippen molar-refractivity contribution in [2.75, 3.05) is 6.61 Å². The molecule has 1 unspecified atom stereocenters. The lowest BCUT2D eigenvalue weighted by Gasteiger charge is -2.46. The number of benzene rings is 4. The summed E-state index contributed by atoms with van der Waals surface area (Å²) in [6.07, 6.45) is 2.34. The van der Waals surface area contributed by atoms with Gasteiger partial charge in [0, 0.05) is 0 Å². The van der Waals surface area contributed by atoms with Crippen LogP contribution in [0.2, 0.25) is 23.2 Å². The second-order valence-corrected chi connectivity index (χ2v) is 27.6. The van der Waals surface area contributed by atoms with Gasteiger partial charge in [-0.2, -0.15) is 0 Å². The van der Waals surface area contributed by atoms with Gasteiger partial charge in [0.2, 0.25) is 0 Å². The Kier molecular flexibility index (Phi) is 15.6. The topological polar surface area (TPSA) is 74.3 Å². The molecule has 2 amide bonds. The van der Waals surface area contributed by atoms with E-state index in [1.54, 1.807) is 0 Å². The largest absolute Gasteiger partial charge is 0.447 e. The molecule has 0 N–H and O–H groups in total. The monoisotopic (exact) mass is 845 g/mol.